The number of carbonyl (C=O) groups excluding carboxylic acids is 2. The predicted molar refractivity (Wildman–Crippen MR) is 152 cm³/mol. The average Bonchev–Trinajstić information content (AvgIpc) is 3.52. The third-order valence-corrected chi connectivity index (χ3v) is 7.46. The highest BCUT2D eigenvalue weighted by Crippen LogP contribution is 2.29. The van der Waals surface area contributed by atoms with Crippen LogP contribution in [0.3, 0.4) is 0 Å². The van der Waals surface area contributed by atoms with Crippen LogP contribution in [0, 0.1) is 5.82 Å². The highest BCUT2D eigenvalue weighted by molar-refractivity contribution is 6.08. The van der Waals surface area contributed by atoms with E-state index in [0.29, 0.717) is 16.8 Å². The molecule has 4 heterocycles. The van der Waals surface area contributed by atoms with Crippen molar-refractivity contribution in [1.82, 2.24) is 29.4 Å². The zero-order valence-corrected chi connectivity index (χ0v) is 22.4. The van der Waals surface area contributed by atoms with Gasteiger partial charge in [0.05, 0.1) is 11.6 Å². The van der Waals surface area contributed by atoms with E-state index in [-0.39, 0.29) is 29.7 Å². The number of fused-ring (bicyclic) bond motifs is 2. The minimum absolute atomic E-state index is 0.178. The Bertz CT molecular complexity index is 1740. The molecule has 6 rings (SSSR count). The molecular weight excluding hydrogens is 509 g/mol. The van der Waals surface area contributed by atoms with Crippen molar-refractivity contribution < 1.29 is 14.0 Å². The number of hydrogen-bond acceptors (Lipinski definition) is 4. The van der Waals surface area contributed by atoms with Gasteiger partial charge in [0.15, 0.2) is 5.65 Å². The summed E-state index contributed by atoms with van der Waals surface area (Å²) in [6, 6.07) is 15.5. The maximum absolute atomic E-state index is 13.7. The Kier molecular flexibility index (Phi) is 6.67. The molecule has 0 aliphatic carbocycles. The van der Waals surface area contributed by atoms with Crippen molar-refractivity contribution in [2.45, 2.75) is 32.2 Å². The first-order valence-corrected chi connectivity index (χ1v) is 13.4. The Morgan fingerprint density at radius 1 is 1.00 bits per heavy atom. The molecule has 2 N–H and O–H groups in total. The molecule has 1 aliphatic heterocycles. The number of hydrogen-bond donors (Lipinski definition) is 2. The van der Waals surface area contributed by atoms with Crippen molar-refractivity contribution in [3.8, 4) is 11.1 Å². The van der Waals surface area contributed by atoms with Crippen molar-refractivity contribution in [3.63, 3.8) is 0 Å². The van der Waals surface area contributed by atoms with E-state index in [4.69, 9.17) is 0 Å². The molecule has 0 bridgehead atoms. The van der Waals surface area contributed by atoms with Crippen LogP contribution in [-0.2, 0) is 7.05 Å². The molecule has 2 aromatic carbocycles. The average molecular weight is 540 g/mol. The zero-order chi connectivity index (χ0) is 27.8. The van der Waals surface area contributed by atoms with Gasteiger partial charge in [0.1, 0.15) is 5.82 Å². The molecule has 10 heteroatoms. The van der Waals surface area contributed by atoms with Gasteiger partial charge in [0.25, 0.3) is 11.9 Å². The largest absolute Gasteiger partial charge is 0.350 e. The molecule has 1 aliphatic rings. The Morgan fingerprint density at radius 3 is 2.60 bits per heavy atom. The van der Waals surface area contributed by atoms with Crippen LogP contribution in [0.5, 0.6) is 0 Å². The zero-order valence-electron chi connectivity index (χ0n) is 22.4. The Balaban J connectivity index is 1.25. The van der Waals surface area contributed by atoms with Crippen molar-refractivity contribution in [2.24, 2.45) is 7.05 Å². The number of amides is 3. The lowest BCUT2D eigenvalue weighted by atomic mass is 10.0. The lowest BCUT2D eigenvalue weighted by Crippen LogP contribution is -2.38. The van der Waals surface area contributed by atoms with Gasteiger partial charge in [-0.2, -0.15) is 4.98 Å². The SMILES string of the molecule is C[C@H](NC(=O)c1cn(C)c2ccc(-c3ccn4nc(NC(=O)N5CCCCC5)nc4c3)cc12)c1cccc(F)c1. The number of nitrogens with zero attached hydrogens (tertiary/aromatic N) is 5. The van der Waals surface area contributed by atoms with E-state index in [1.807, 2.05) is 48.9 Å². The smallest absolute Gasteiger partial charge is 0.324 e. The Labute approximate surface area is 230 Å². The van der Waals surface area contributed by atoms with Crippen LogP contribution in [0.25, 0.3) is 27.7 Å². The maximum atomic E-state index is 13.7. The van der Waals surface area contributed by atoms with Gasteiger partial charge in [0.2, 0.25) is 0 Å². The first-order valence-electron chi connectivity index (χ1n) is 13.4. The fourth-order valence-corrected chi connectivity index (χ4v) is 5.27. The number of rotatable bonds is 5. The second kappa shape index (κ2) is 10.4. The molecule has 9 nitrogen and oxygen atoms in total. The quantitative estimate of drug-likeness (QED) is 0.307. The summed E-state index contributed by atoms with van der Waals surface area (Å²) in [5, 5.41) is 11.0. The fourth-order valence-electron chi connectivity index (χ4n) is 5.27. The molecule has 3 amide bonds. The summed E-state index contributed by atoms with van der Waals surface area (Å²) in [4.78, 5) is 32.2. The molecular formula is C30H30FN7O2. The van der Waals surface area contributed by atoms with Gasteiger partial charge in [-0.05, 0) is 79.3 Å². The molecule has 0 unspecified atom stereocenters. The summed E-state index contributed by atoms with van der Waals surface area (Å²) < 4.78 is 17.2. The first kappa shape index (κ1) is 25.5. The van der Waals surface area contributed by atoms with E-state index < -0.39 is 0 Å². The summed E-state index contributed by atoms with van der Waals surface area (Å²) in [6.45, 7) is 3.32. The third-order valence-electron chi connectivity index (χ3n) is 7.46. The molecule has 40 heavy (non-hydrogen) atoms. The van der Waals surface area contributed by atoms with Crippen molar-refractivity contribution in [1.29, 1.82) is 0 Å². The number of likely N-dealkylation sites (tertiary alicyclic amines) is 1. The van der Waals surface area contributed by atoms with Gasteiger partial charge in [-0.1, -0.05) is 18.2 Å². The number of aromatic nitrogens is 4. The molecule has 5 aromatic rings. The van der Waals surface area contributed by atoms with E-state index in [1.165, 1.54) is 12.1 Å². The summed E-state index contributed by atoms with van der Waals surface area (Å²) in [5.74, 6) is -0.311. The molecule has 0 spiro atoms. The highest BCUT2D eigenvalue weighted by atomic mass is 19.1. The normalized spacial score (nSPS) is 14.4. The van der Waals surface area contributed by atoms with Crippen LogP contribution >= 0.6 is 0 Å². The van der Waals surface area contributed by atoms with Gasteiger partial charge < -0.3 is 14.8 Å². The molecule has 0 saturated carbocycles. The lowest BCUT2D eigenvalue weighted by molar-refractivity contribution is 0.0941. The number of nitrogens with one attached hydrogen (secondary N) is 2. The van der Waals surface area contributed by atoms with Crippen molar-refractivity contribution in [3.05, 3.63) is 83.9 Å². The highest BCUT2D eigenvalue weighted by Gasteiger charge is 2.20. The van der Waals surface area contributed by atoms with Gasteiger partial charge >= 0.3 is 6.03 Å². The van der Waals surface area contributed by atoms with Crippen LogP contribution in [0.1, 0.15) is 48.1 Å². The number of pyridine rings is 1. The van der Waals surface area contributed by atoms with E-state index in [9.17, 15) is 14.0 Å². The molecule has 0 radical (unpaired) electrons. The summed E-state index contributed by atoms with van der Waals surface area (Å²) in [7, 11) is 1.90. The van der Waals surface area contributed by atoms with E-state index in [0.717, 1.165) is 54.4 Å². The molecule has 1 fully saturated rings. The van der Waals surface area contributed by atoms with Crippen molar-refractivity contribution in [2.75, 3.05) is 18.4 Å². The standard InChI is InChI=1S/C30H30FN7O2/c1-19(20-7-6-8-23(31)15-20)32-28(39)25-18-36(2)26-10-9-21(16-24(25)26)22-11-14-38-27(17-22)33-29(35-38)34-30(40)37-12-4-3-5-13-37/h6-11,14-19H,3-5,12-13H2,1-2H3,(H,32,39)(H,34,35,40)/t19-/m0/s1. The number of halogens is 1. The number of benzene rings is 2. The van der Waals surface area contributed by atoms with Crippen LogP contribution in [-0.4, -0.2) is 49.1 Å². The van der Waals surface area contributed by atoms with Gasteiger partial charge in [-0.25, -0.2) is 13.7 Å². The minimum Gasteiger partial charge on any atom is -0.350 e. The Hall–Kier alpha value is -4.73. The number of urea groups is 1. The summed E-state index contributed by atoms with van der Waals surface area (Å²) in [5.41, 5.74) is 4.56. The van der Waals surface area contributed by atoms with E-state index in [2.05, 4.69) is 20.7 Å². The van der Waals surface area contributed by atoms with Crippen LogP contribution in [0.2, 0.25) is 0 Å². The van der Waals surface area contributed by atoms with E-state index >= 15 is 0 Å². The number of anilines is 1. The second-order valence-electron chi connectivity index (χ2n) is 10.3. The van der Waals surface area contributed by atoms with Crippen LogP contribution in [0.15, 0.2) is 67.0 Å². The summed E-state index contributed by atoms with van der Waals surface area (Å²) >= 11 is 0. The third kappa shape index (κ3) is 5.00. The maximum Gasteiger partial charge on any atom is 0.324 e. The fraction of sp³-hybridized carbons (Fsp3) is 0.267. The number of piperidine rings is 1. The van der Waals surface area contributed by atoms with E-state index in [1.54, 1.807) is 33.9 Å². The summed E-state index contributed by atoms with van der Waals surface area (Å²) in [6.07, 6.45) is 6.78. The first-order chi connectivity index (χ1) is 19.4. The van der Waals surface area contributed by atoms with Gasteiger partial charge in [-0.3, -0.25) is 10.1 Å². The monoisotopic (exact) mass is 539 g/mol. The molecule has 1 saturated heterocycles. The number of carbonyl (C=O) groups is 2. The van der Waals surface area contributed by atoms with Crippen molar-refractivity contribution >= 4 is 34.4 Å². The number of aryl methyl sites for hydroxylation is 1. The predicted octanol–water partition coefficient (Wildman–Crippen LogP) is 5.54. The van der Waals surface area contributed by atoms with Gasteiger partial charge in [0, 0.05) is 43.4 Å². The Morgan fingerprint density at radius 2 is 1.80 bits per heavy atom. The molecule has 204 valence electrons. The topological polar surface area (TPSA) is 96.6 Å². The van der Waals surface area contributed by atoms with Crippen LogP contribution < -0.4 is 10.6 Å². The molecule has 3 aromatic heterocycles. The molecule has 1 atom stereocenters. The van der Waals surface area contributed by atoms with Crippen LogP contribution in [0.4, 0.5) is 15.1 Å². The second-order valence-corrected chi connectivity index (χ2v) is 10.3. The lowest BCUT2D eigenvalue weighted by Gasteiger charge is -2.26. The van der Waals surface area contributed by atoms with Gasteiger partial charge in [-0.15, -0.1) is 5.10 Å². The minimum atomic E-state index is -0.360.